The summed E-state index contributed by atoms with van der Waals surface area (Å²) in [6.45, 7) is 2.20. The first kappa shape index (κ1) is 27.0. The number of thiophene rings is 1. The first-order valence-corrected chi connectivity index (χ1v) is 13.8. The van der Waals surface area contributed by atoms with E-state index in [0.717, 1.165) is 33.9 Å². The Morgan fingerprint density at radius 1 is 1.17 bits per heavy atom. The number of halogens is 1. The van der Waals surface area contributed by atoms with E-state index >= 15 is 0 Å². The zero-order chi connectivity index (χ0) is 25.7. The van der Waals surface area contributed by atoms with Gasteiger partial charge in [0.2, 0.25) is 6.29 Å². The van der Waals surface area contributed by atoms with Crippen LogP contribution in [0.2, 0.25) is 5.02 Å². The van der Waals surface area contributed by atoms with Gasteiger partial charge in [0.05, 0.1) is 16.5 Å². The van der Waals surface area contributed by atoms with E-state index in [0.29, 0.717) is 23.4 Å². The zero-order valence-corrected chi connectivity index (χ0v) is 22.0. The number of carbonyl (C=O) groups excluding carboxylic acids is 1. The monoisotopic (exact) mass is 553 g/mol. The fourth-order valence-corrected chi connectivity index (χ4v) is 5.71. The molecule has 194 valence electrons. The Bertz CT molecular complexity index is 1140. The van der Waals surface area contributed by atoms with Crippen LogP contribution in [0.15, 0.2) is 41.2 Å². The van der Waals surface area contributed by atoms with E-state index in [1.54, 1.807) is 40.9 Å². The molecule has 3 heterocycles. The lowest BCUT2D eigenvalue weighted by Gasteiger charge is -2.39. The average Bonchev–Trinajstić information content (AvgIpc) is 3.56. The van der Waals surface area contributed by atoms with Gasteiger partial charge in [0, 0.05) is 23.2 Å². The third-order valence-electron chi connectivity index (χ3n) is 5.85. The Kier molecular flexibility index (Phi) is 9.35. The van der Waals surface area contributed by atoms with Gasteiger partial charge >= 0.3 is 6.16 Å². The maximum atomic E-state index is 12.0. The highest BCUT2D eigenvalue weighted by Crippen LogP contribution is 2.36. The molecule has 3 N–H and O–H groups in total. The van der Waals surface area contributed by atoms with E-state index in [1.807, 2.05) is 24.6 Å². The van der Waals surface area contributed by atoms with Crippen LogP contribution >= 0.6 is 34.3 Å². The minimum atomic E-state index is -1.64. The number of carbonyl (C=O) groups is 1. The number of unbranched alkanes of at least 4 members (excludes halogenated alkanes) is 2. The fraction of sp³-hybridized carbons (Fsp3) is 0.440. The number of aliphatic hydroxyl groups is 3. The van der Waals surface area contributed by atoms with Gasteiger partial charge in [-0.2, -0.15) is 11.3 Å². The van der Waals surface area contributed by atoms with Crippen LogP contribution in [-0.4, -0.2) is 57.7 Å². The second kappa shape index (κ2) is 12.5. The van der Waals surface area contributed by atoms with Gasteiger partial charge in [-0.25, -0.2) is 9.78 Å². The summed E-state index contributed by atoms with van der Waals surface area (Å²) >= 11 is 9.63. The van der Waals surface area contributed by atoms with Crippen molar-refractivity contribution in [2.75, 3.05) is 6.61 Å². The number of hydrogen-bond acceptors (Lipinski definition) is 10. The number of rotatable bonds is 9. The smallest absolute Gasteiger partial charge is 0.434 e. The molecule has 1 fully saturated rings. The van der Waals surface area contributed by atoms with E-state index in [9.17, 15) is 20.1 Å². The van der Waals surface area contributed by atoms with Crippen molar-refractivity contribution in [3.8, 4) is 10.4 Å². The molecule has 36 heavy (non-hydrogen) atoms. The maximum Gasteiger partial charge on any atom is 0.510 e. The summed E-state index contributed by atoms with van der Waals surface area (Å²) < 4.78 is 15.8. The van der Waals surface area contributed by atoms with E-state index in [1.165, 1.54) is 0 Å². The van der Waals surface area contributed by atoms with Gasteiger partial charge < -0.3 is 29.5 Å². The summed E-state index contributed by atoms with van der Waals surface area (Å²) in [4.78, 5) is 17.6. The molecule has 4 rings (SSSR count). The molecular weight excluding hydrogens is 526 g/mol. The van der Waals surface area contributed by atoms with Crippen LogP contribution in [0, 0.1) is 0 Å². The molecule has 0 spiro atoms. The molecule has 0 amide bonds. The topological polar surface area (TPSA) is 118 Å². The normalized spacial score (nSPS) is 24.0. The van der Waals surface area contributed by atoms with E-state index < -0.39 is 36.9 Å². The molecule has 1 aliphatic rings. The third-order valence-corrected chi connectivity index (χ3v) is 7.95. The van der Waals surface area contributed by atoms with Gasteiger partial charge in [0.15, 0.2) is 0 Å². The van der Waals surface area contributed by atoms with E-state index in [4.69, 9.17) is 25.8 Å². The molecule has 1 aliphatic heterocycles. The standard InChI is InChI=1S/C25H28ClNO7S2/c1-2-3-4-8-32-25(31)34-24-22(30)20(28)21(29)23(33-24)14-5-6-17(26)16(10-14)11-19-27-12-18(36-19)15-7-9-35-13-15/h5-7,9-10,12-13,20-24,28-30H,2-4,8,11H2,1H3/t20-,21-,22+,23+,24-/m1/s1. The van der Waals surface area contributed by atoms with Crippen LogP contribution in [0.1, 0.15) is 48.4 Å². The van der Waals surface area contributed by atoms with Gasteiger partial charge in [0.25, 0.3) is 0 Å². The average molecular weight is 554 g/mol. The highest BCUT2D eigenvalue weighted by molar-refractivity contribution is 7.15. The molecule has 1 saturated heterocycles. The molecule has 2 aromatic heterocycles. The van der Waals surface area contributed by atoms with E-state index in [2.05, 4.69) is 10.4 Å². The van der Waals surface area contributed by atoms with Crippen molar-refractivity contribution in [1.82, 2.24) is 4.98 Å². The van der Waals surface area contributed by atoms with Crippen molar-refractivity contribution in [1.29, 1.82) is 0 Å². The first-order valence-electron chi connectivity index (χ1n) is 11.7. The number of aromatic nitrogens is 1. The second-order valence-corrected chi connectivity index (χ2v) is 10.8. The molecule has 0 unspecified atom stereocenters. The molecule has 0 saturated carbocycles. The van der Waals surface area contributed by atoms with Crippen molar-refractivity contribution >= 4 is 40.4 Å². The number of benzene rings is 1. The predicted molar refractivity (Wildman–Crippen MR) is 137 cm³/mol. The van der Waals surface area contributed by atoms with Gasteiger partial charge in [-0.15, -0.1) is 11.3 Å². The Labute approximate surface area is 222 Å². The van der Waals surface area contributed by atoms with Crippen LogP contribution in [0.5, 0.6) is 0 Å². The predicted octanol–water partition coefficient (Wildman–Crippen LogP) is 4.94. The van der Waals surface area contributed by atoms with Gasteiger partial charge in [-0.1, -0.05) is 43.5 Å². The van der Waals surface area contributed by atoms with Gasteiger partial charge in [-0.05, 0) is 40.4 Å². The number of thiazole rings is 1. The van der Waals surface area contributed by atoms with Crippen LogP contribution in [-0.2, 0) is 20.6 Å². The highest BCUT2D eigenvalue weighted by atomic mass is 35.5. The van der Waals surface area contributed by atoms with Crippen LogP contribution in [0.3, 0.4) is 0 Å². The zero-order valence-electron chi connectivity index (χ0n) is 19.6. The Morgan fingerprint density at radius 2 is 2.00 bits per heavy atom. The number of ether oxygens (including phenoxy) is 3. The lowest BCUT2D eigenvalue weighted by molar-refractivity contribution is -0.286. The van der Waals surface area contributed by atoms with Crippen LogP contribution in [0.25, 0.3) is 10.4 Å². The quantitative estimate of drug-likeness (QED) is 0.252. The van der Waals surface area contributed by atoms with Crippen molar-refractivity contribution in [3.63, 3.8) is 0 Å². The van der Waals surface area contributed by atoms with E-state index in [-0.39, 0.29) is 6.61 Å². The summed E-state index contributed by atoms with van der Waals surface area (Å²) in [6.07, 6.45) is -3.47. The molecule has 0 aliphatic carbocycles. The van der Waals surface area contributed by atoms with Crippen molar-refractivity contribution in [3.05, 3.63) is 62.4 Å². The second-order valence-electron chi connectivity index (χ2n) is 8.48. The molecule has 1 aromatic carbocycles. The molecule has 0 bridgehead atoms. The largest absolute Gasteiger partial charge is 0.510 e. The summed E-state index contributed by atoms with van der Waals surface area (Å²) in [5.41, 5.74) is 2.38. The Balaban J connectivity index is 1.47. The first-order chi connectivity index (χ1) is 17.4. The molecule has 11 heteroatoms. The molecule has 8 nitrogen and oxygen atoms in total. The minimum Gasteiger partial charge on any atom is -0.434 e. The third kappa shape index (κ3) is 6.44. The molecule has 3 aromatic rings. The summed E-state index contributed by atoms with van der Waals surface area (Å²) in [5, 5.41) is 36.8. The molecular formula is C25H28ClNO7S2. The fourth-order valence-electron chi connectivity index (χ4n) is 3.86. The van der Waals surface area contributed by atoms with Crippen molar-refractivity contribution in [2.45, 2.75) is 63.3 Å². The Morgan fingerprint density at radius 3 is 2.75 bits per heavy atom. The maximum absolute atomic E-state index is 12.0. The molecule has 5 atom stereocenters. The summed E-state index contributed by atoms with van der Waals surface area (Å²) in [5.74, 6) is 0. The summed E-state index contributed by atoms with van der Waals surface area (Å²) in [6, 6.07) is 7.12. The number of aliphatic hydroxyl groups excluding tert-OH is 3. The molecule has 0 radical (unpaired) electrons. The van der Waals surface area contributed by atoms with Crippen molar-refractivity contribution in [2.24, 2.45) is 0 Å². The summed E-state index contributed by atoms with van der Waals surface area (Å²) in [7, 11) is 0. The number of hydrogen-bond donors (Lipinski definition) is 3. The van der Waals surface area contributed by atoms with Crippen molar-refractivity contribution < 1.29 is 34.3 Å². The number of nitrogens with zero attached hydrogens (tertiary/aromatic N) is 1. The van der Waals surface area contributed by atoms with Gasteiger partial charge in [-0.3, -0.25) is 0 Å². The minimum absolute atomic E-state index is 0.176. The van der Waals surface area contributed by atoms with Crippen LogP contribution < -0.4 is 0 Å². The lowest BCUT2D eigenvalue weighted by atomic mass is 9.92. The van der Waals surface area contributed by atoms with Crippen LogP contribution in [0.4, 0.5) is 4.79 Å². The SMILES string of the molecule is CCCCCOC(=O)O[C@H]1O[C@@H](c2ccc(Cl)c(Cc3ncc(-c4ccsc4)s3)c2)[C@H](O)[C@@H](O)[C@@H]1O. The Hall–Kier alpha value is -2.05. The highest BCUT2D eigenvalue weighted by Gasteiger charge is 2.46. The lowest BCUT2D eigenvalue weighted by Crippen LogP contribution is -2.55. The van der Waals surface area contributed by atoms with Gasteiger partial charge in [0.1, 0.15) is 24.4 Å².